The van der Waals surface area contributed by atoms with E-state index in [4.69, 9.17) is 5.11 Å². The average molecular weight is 314 g/mol. The highest BCUT2D eigenvalue weighted by atomic mass is 32.2. The highest BCUT2D eigenvalue weighted by Gasteiger charge is 2.18. The molecule has 1 aromatic rings. The molecule has 0 aliphatic heterocycles. The van der Waals surface area contributed by atoms with Crippen molar-refractivity contribution < 1.29 is 23.1 Å². The number of nitrogens with zero attached hydrogens (tertiary/aromatic N) is 1. The van der Waals surface area contributed by atoms with E-state index in [1.807, 2.05) is 0 Å². The van der Waals surface area contributed by atoms with Gasteiger partial charge < -0.3 is 10.0 Å². The molecule has 0 aliphatic carbocycles. The van der Waals surface area contributed by atoms with E-state index in [9.17, 15) is 18.0 Å². The molecule has 0 heterocycles. The number of amides is 1. The summed E-state index contributed by atoms with van der Waals surface area (Å²) in [5.41, 5.74) is 0.244. The Bertz CT molecular complexity index is 610. The van der Waals surface area contributed by atoms with Gasteiger partial charge in [-0.15, -0.1) is 0 Å². The Morgan fingerprint density at radius 3 is 2.19 bits per heavy atom. The van der Waals surface area contributed by atoms with Crippen molar-refractivity contribution in [3.05, 3.63) is 29.8 Å². The topological polar surface area (TPSA) is 104 Å². The Hall–Kier alpha value is -1.93. The van der Waals surface area contributed by atoms with E-state index in [0.717, 1.165) is 4.90 Å². The van der Waals surface area contributed by atoms with Gasteiger partial charge in [-0.3, -0.25) is 9.59 Å². The van der Waals surface area contributed by atoms with Crippen LogP contribution in [0.4, 0.5) is 0 Å². The minimum atomic E-state index is -3.57. The highest BCUT2D eigenvalue weighted by Crippen LogP contribution is 2.12. The van der Waals surface area contributed by atoms with E-state index < -0.39 is 28.4 Å². The van der Waals surface area contributed by atoms with Crippen molar-refractivity contribution in [2.75, 3.05) is 19.6 Å². The van der Waals surface area contributed by atoms with Gasteiger partial charge in [-0.1, -0.05) is 6.92 Å². The lowest BCUT2D eigenvalue weighted by Gasteiger charge is -2.18. The number of nitrogens with one attached hydrogen (secondary N) is 1. The first-order valence-electron chi connectivity index (χ1n) is 6.42. The third-order valence-electron chi connectivity index (χ3n) is 2.74. The molecule has 116 valence electrons. The molecular formula is C13H18N2O5S. The summed E-state index contributed by atoms with van der Waals surface area (Å²) in [7, 11) is -3.57. The standard InChI is InChI=1S/C13H18N2O5S/c1-3-14-21(19,20)11-7-5-10(6-8-11)13(18)15(4-2)9-12(16)17/h5-8,14H,3-4,9H2,1-2H3,(H,16,17). The van der Waals surface area contributed by atoms with Gasteiger partial charge in [-0.25, -0.2) is 13.1 Å². The van der Waals surface area contributed by atoms with E-state index in [2.05, 4.69) is 4.72 Å². The van der Waals surface area contributed by atoms with Crippen LogP contribution in [0.2, 0.25) is 0 Å². The van der Waals surface area contributed by atoms with Gasteiger partial charge in [0.25, 0.3) is 5.91 Å². The molecule has 0 spiro atoms. The number of benzene rings is 1. The smallest absolute Gasteiger partial charge is 0.323 e. The fourth-order valence-corrected chi connectivity index (χ4v) is 2.76. The van der Waals surface area contributed by atoms with Crippen molar-refractivity contribution in [1.29, 1.82) is 0 Å². The van der Waals surface area contributed by atoms with Crippen molar-refractivity contribution >= 4 is 21.9 Å². The lowest BCUT2D eigenvalue weighted by Crippen LogP contribution is -2.35. The molecule has 0 bridgehead atoms. The molecule has 8 heteroatoms. The molecule has 0 saturated carbocycles. The van der Waals surface area contributed by atoms with Crippen molar-refractivity contribution in [1.82, 2.24) is 9.62 Å². The number of hydrogen-bond acceptors (Lipinski definition) is 4. The summed E-state index contributed by atoms with van der Waals surface area (Å²) in [6, 6.07) is 5.38. The van der Waals surface area contributed by atoms with Gasteiger partial charge in [-0.2, -0.15) is 0 Å². The van der Waals surface area contributed by atoms with Crippen molar-refractivity contribution in [2.45, 2.75) is 18.7 Å². The van der Waals surface area contributed by atoms with Crippen LogP contribution in [0.3, 0.4) is 0 Å². The zero-order chi connectivity index (χ0) is 16.0. The van der Waals surface area contributed by atoms with Gasteiger partial charge in [0.05, 0.1) is 4.90 Å². The Morgan fingerprint density at radius 2 is 1.76 bits per heavy atom. The number of hydrogen-bond donors (Lipinski definition) is 2. The number of rotatable bonds is 7. The Labute approximate surface area is 123 Å². The molecule has 1 amide bonds. The van der Waals surface area contributed by atoms with Gasteiger partial charge in [-0.05, 0) is 31.2 Å². The van der Waals surface area contributed by atoms with Crippen LogP contribution in [0.25, 0.3) is 0 Å². The normalized spacial score (nSPS) is 11.1. The maximum absolute atomic E-state index is 12.1. The Balaban J connectivity index is 2.96. The van der Waals surface area contributed by atoms with Crippen LogP contribution in [-0.2, 0) is 14.8 Å². The first-order valence-corrected chi connectivity index (χ1v) is 7.91. The molecule has 1 rings (SSSR count). The Morgan fingerprint density at radius 1 is 1.19 bits per heavy atom. The fourth-order valence-electron chi connectivity index (χ4n) is 1.72. The van der Waals surface area contributed by atoms with Gasteiger partial charge in [0, 0.05) is 18.7 Å². The average Bonchev–Trinajstić information content (AvgIpc) is 2.44. The van der Waals surface area contributed by atoms with Crippen LogP contribution < -0.4 is 4.72 Å². The second-order valence-electron chi connectivity index (χ2n) is 4.24. The molecule has 0 fully saturated rings. The third kappa shape index (κ3) is 4.54. The number of sulfonamides is 1. The molecule has 0 aromatic heterocycles. The van der Waals surface area contributed by atoms with Crippen LogP contribution in [0, 0.1) is 0 Å². The van der Waals surface area contributed by atoms with Crippen molar-refractivity contribution in [2.24, 2.45) is 0 Å². The van der Waals surface area contributed by atoms with E-state index >= 15 is 0 Å². The Kier molecular flexibility index (Phi) is 5.86. The number of aliphatic carboxylic acids is 1. The zero-order valence-corrected chi connectivity index (χ0v) is 12.7. The summed E-state index contributed by atoms with van der Waals surface area (Å²) >= 11 is 0. The first-order chi connectivity index (χ1) is 9.81. The van der Waals surface area contributed by atoms with Crippen LogP contribution >= 0.6 is 0 Å². The fraction of sp³-hybridized carbons (Fsp3) is 0.385. The van der Waals surface area contributed by atoms with E-state index in [1.165, 1.54) is 24.3 Å². The van der Waals surface area contributed by atoms with E-state index in [0.29, 0.717) is 0 Å². The number of carboxylic acid groups (broad SMARTS) is 1. The van der Waals surface area contributed by atoms with Crippen LogP contribution in [0.15, 0.2) is 29.2 Å². The van der Waals surface area contributed by atoms with Gasteiger partial charge in [0.2, 0.25) is 10.0 Å². The molecule has 0 atom stereocenters. The zero-order valence-electron chi connectivity index (χ0n) is 11.9. The molecule has 2 N–H and O–H groups in total. The number of carboxylic acids is 1. The molecule has 0 aliphatic rings. The summed E-state index contributed by atoms with van der Waals surface area (Å²) in [5, 5.41) is 8.74. The summed E-state index contributed by atoms with van der Waals surface area (Å²) in [6.07, 6.45) is 0. The second-order valence-corrected chi connectivity index (χ2v) is 6.01. The highest BCUT2D eigenvalue weighted by molar-refractivity contribution is 7.89. The van der Waals surface area contributed by atoms with Gasteiger partial charge in [0.1, 0.15) is 6.54 Å². The molecule has 0 saturated heterocycles. The molecule has 7 nitrogen and oxygen atoms in total. The monoisotopic (exact) mass is 314 g/mol. The maximum atomic E-state index is 12.1. The summed E-state index contributed by atoms with van der Waals surface area (Å²) in [4.78, 5) is 24.0. The minimum absolute atomic E-state index is 0.0576. The quantitative estimate of drug-likeness (QED) is 0.764. The van der Waals surface area contributed by atoms with Gasteiger partial charge in [0.15, 0.2) is 0 Å². The van der Waals surface area contributed by atoms with E-state index in [-0.39, 0.29) is 23.5 Å². The predicted octanol–water partition coefficient (Wildman–Crippen LogP) is 0.531. The molecular weight excluding hydrogens is 296 g/mol. The maximum Gasteiger partial charge on any atom is 0.323 e. The van der Waals surface area contributed by atoms with Crippen LogP contribution in [0.1, 0.15) is 24.2 Å². The lowest BCUT2D eigenvalue weighted by molar-refractivity contribution is -0.137. The minimum Gasteiger partial charge on any atom is -0.480 e. The number of carbonyl (C=O) groups is 2. The summed E-state index contributed by atoms with van der Waals surface area (Å²) in [6.45, 7) is 3.46. The summed E-state index contributed by atoms with van der Waals surface area (Å²) < 4.78 is 25.9. The molecule has 1 aromatic carbocycles. The SMILES string of the molecule is CCNS(=O)(=O)c1ccc(C(=O)N(CC)CC(=O)O)cc1. The predicted molar refractivity (Wildman–Crippen MR) is 76.5 cm³/mol. The van der Waals surface area contributed by atoms with Crippen molar-refractivity contribution in [3.63, 3.8) is 0 Å². The number of carbonyl (C=O) groups excluding carboxylic acids is 1. The van der Waals surface area contributed by atoms with E-state index in [1.54, 1.807) is 13.8 Å². The molecule has 0 unspecified atom stereocenters. The summed E-state index contributed by atoms with van der Waals surface area (Å²) in [5.74, 6) is -1.55. The third-order valence-corrected chi connectivity index (χ3v) is 4.30. The largest absolute Gasteiger partial charge is 0.480 e. The molecule has 0 radical (unpaired) electrons. The first kappa shape index (κ1) is 17.1. The van der Waals surface area contributed by atoms with Crippen LogP contribution in [-0.4, -0.2) is 49.9 Å². The lowest BCUT2D eigenvalue weighted by atomic mass is 10.2. The number of likely N-dealkylation sites (N-methyl/N-ethyl adjacent to an activating group) is 1. The van der Waals surface area contributed by atoms with Gasteiger partial charge >= 0.3 is 5.97 Å². The van der Waals surface area contributed by atoms with Crippen molar-refractivity contribution in [3.8, 4) is 0 Å². The molecule has 21 heavy (non-hydrogen) atoms. The van der Waals surface area contributed by atoms with Crippen LogP contribution in [0.5, 0.6) is 0 Å². The second kappa shape index (κ2) is 7.19.